The van der Waals surface area contributed by atoms with Crippen LogP contribution in [0.1, 0.15) is 41.5 Å². The quantitative estimate of drug-likeness (QED) is 0.595. The maximum Gasteiger partial charge on any atom is 0 e. The van der Waals surface area contributed by atoms with Gasteiger partial charge in [0, 0.05) is 51.4 Å². The summed E-state index contributed by atoms with van der Waals surface area (Å²) in [5.74, 6) is 0. The number of rotatable bonds is 0. The minimum Gasteiger partial charge on any atom is 0 e. The second kappa shape index (κ2) is 5.23. The summed E-state index contributed by atoms with van der Waals surface area (Å²) in [7, 11) is 0. The summed E-state index contributed by atoms with van der Waals surface area (Å²) in [4.78, 5) is 0. The van der Waals surface area contributed by atoms with Crippen molar-refractivity contribution in [3.63, 3.8) is 0 Å². The molecule has 0 spiro atoms. The van der Waals surface area contributed by atoms with E-state index >= 15 is 0 Å². The van der Waals surface area contributed by atoms with Crippen LogP contribution >= 0.6 is 0 Å². The van der Waals surface area contributed by atoms with Crippen molar-refractivity contribution >= 4 is 72.5 Å². The van der Waals surface area contributed by atoms with Crippen LogP contribution in [0.3, 0.4) is 0 Å². The Morgan fingerprint density at radius 1 is 0.700 bits per heavy atom. The van der Waals surface area contributed by atoms with Crippen LogP contribution in [0.4, 0.5) is 0 Å². The van der Waals surface area contributed by atoms with E-state index in [1.54, 1.807) is 0 Å². The Labute approximate surface area is 119 Å². The van der Waals surface area contributed by atoms with E-state index in [2.05, 4.69) is 41.5 Å². The van der Waals surface area contributed by atoms with Crippen LogP contribution in [-0.4, -0.2) is 72.5 Å². The molecule has 0 rings (SSSR count). The molecule has 0 aliphatic carbocycles. The van der Waals surface area contributed by atoms with Gasteiger partial charge in [-0.05, 0) is 0 Å². The summed E-state index contributed by atoms with van der Waals surface area (Å²) in [5.41, 5.74) is 0. The Morgan fingerprint density at radius 3 is 0.900 bits per heavy atom. The fraction of sp³-hybridized carbons (Fsp3) is 1.00. The van der Waals surface area contributed by atoms with Crippen molar-refractivity contribution in [3.05, 3.63) is 0 Å². The molecule has 0 aromatic carbocycles. The summed E-state index contributed by atoms with van der Waals surface area (Å²) >= 11 is -0.355. The first-order chi connectivity index (χ1) is 3.71. The summed E-state index contributed by atoms with van der Waals surface area (Å²) in [6.07, 6.45) is 0. The average molecular weight is 273 g/mol. The zero-order valence-corrected chi connectivity index (χ0v) is 15.0. The summed E-state index contributed by atoms with van der Waals surface area (Å²) in [6, 6.07) is 0. The van der Waals surface area contributed by atoms with Crippen molar-refractivity contribution in [3.8, 4) is 0 Å². The van der Waals surface area contributed by atoms with Crippen LogP contribution in [0, 0.1) is 0 Å². The first-order valence-corrected chi connectivity index (χ1v) is 6.87. The molecule has 56 valence electrons. The van der Waals surface area contributed by atoms with Crippen molar-refractivity contribution in [2.24, 2.45) is 0 Å². The van der Waals surface area contributed by atoms with Gasteiger partial charge in [0.25, 0.3) is 0 Å². The molecule has 2 radical (unpaired) electrons. The van der Waals surface area contributed by atoms with Gasteiger partial charge < -0.3 is 0 Å². The third-order valence-corrected chi connectivity index (χ3v) is 5.81. The van der Waals surface area contributed by atoms with Crippen molar-refractivity contribution in [2.75, 3.05) is 0 Å². The molecule has 0 fully saturated rings. The van der Waals surface area contributed by atoms with Gasteiger partial charge in [-0.15, -0.1) is 0 Å². The minimum absolute atomic E-state index is 0. The molecule has 0 saturated heterocycles. The molecule has 0 amide bonds. The van der Waals surface area contributed by atoms with E-state index in [1.807, 2.05) is 0 Å². The topological polar surface area (TPSA) is 0 Å². The Hall–Kier alpha value is 2.44. The zero-order valence-electron chi connectivity index (χ0n) is 8.58. The SMILES string of the molecule is C[C](C)(C)[SnH][C](C)(C)C.[K]. The monoisotopic (exact) mass is 274 g/mol. The third-order valence-electron chi connectivity index (χ3n) is 0.866. The van der Waals surface area contributed by atoms with Crippen LogP contribution < -0.4 is 0 Å². The van der Waals surface area contributed by atoms with Gasteiger partial charge in [0.15, 0.2) is 0 Å². The van der Waals surface area contributed by atoms with Crippen LogP contribution in [-0.2, 0) is 0 Å². The van der Waals surface area contributed by atoms with Crippen molar-refractivity contribution in [2.45, 2.75) is 48.4 Å². The first-order valence-electron chi connectivity index (χ1n) is 3.58. The van der Waals surface area contributed by atoms with E-state index in [-0.39, 0.29) is 72.5 Å². The summed E-state index contributed by atoms with van der Waals surface area (Å²) < 4.78 is 1.35. The Kier molecular flexibility index (Phi) is 7.80. The van der Waals surface area contributed by atoms with E-state index in [1.165, 1.54) is 0 Å². The van der Waals surface area contributed by atoms with Crippen molar-refractivity contribution in [1.82, 2.24) is 0 Å². The normalized spacial score (nSPS) is 12.6. The molecule has 0 aliphatic heterocycles. The fourth-order valence-corrected chi connectivity index (χ4v) is 8.71. The minimum atomic E-state index is -0.355. The molecule has 2 heteroatoms. The smallest absolute Gasteiger partial charge is 0 e. The van der Waals surface area contributed by atoms with Gasteiger partial charge in [0.05, 0.1) is 0 Å². The average Bonchev–Trinajstić information content (AvgIpc) is 1.14. The van der Waals surface area contributed by atoms with Crippen LogP contribution in [0.5, 0.6) is 0 Å². The molecule has 0 unspecified atom stereocenters. The molecule has 0 atom stereocenters. The van der Waals surface area contributed by atoms with Gasteiger partial charge in [-0.3, -0.25) is 0 Å². The van der Waals surface area contributed by atoms with Crippen LogP contribution in [0.15, 0.2) is 0 Å². The molecule has 0 nitrogen and oxygen atoms in total. The Balaban J connectivity index is 0. The Morgan fingerprint density at radius 2 is 0.900 bits per heavy atom. The zero-order chi connectivity index (χ0) is 7.71. The van der Waals surface area contributed by atoms with Crippen molar-refractivity contribution < 1.29 is 0 Å². The third kappa shape index (κ3) is 13.1. The van der Waals surface area contributed by atoms with Gasteiger partial charge in [-0.2, -0.15) is 0 Å². The molecule has 0 aliphatic rings. The van der Waals surface area contributed by atoms with Gasteiger partial charge in [0.2, 0.25) is 0 Å². The van der Waals surface area contributed by atoms with E-state index < -0.39 is 0 Å². The van der Waals surface area contributed by atoms with E-state index in [9.17, 15) is 0 Å². The van der Waals surface area contributed by atoms with Gasteiger partial charge in [-0.1, -0.05) is 0 Å². The van der Waals surface area contributed by atoms with E-state index in [4.69, 9.17) is 0 Å². The second-order valence-electron chi connectivity index (χ2n) is 4.88. The molecule has 10 heavy (non-hydrogen) atoms. The van der Waals surface area contributed by atoms with E-state index in [0.717, 1.165) is 0 Å². The maximum absolute atomic E-state index is 2.37. The standard InChI is InChI=1S/2C4H9.K.Sn.H/c2*1-4(2)3;;;/h2*1-3H3;;;. The molecule has 0 N–H and O–H groups in total. The number of hydrogen-bond acceptors (Lipinski definition) is 0. The molecule has 0 heterocycles. The maximum atomic E-state index is 2.37. The van der Waals surface area contributed by atoms with Gasteiger partial charge >= 0.3 is 69.5 Å². The molecule has 0 aromatic rings. The molecular formula is C8H19KSn. The molecule has 0 bridgehead atoms. The largest absolute Gasteiger partial charge is 0 e. The van der Waals surface area contributed by atoms with Gasteiger partial charge in [0.1, 0.15) is 0 Å². The first kappa shape index (κ1) is 14.9. The second-order valence-corrected chi connectivity index (χ2v) is 15.6. The summed E-state index contributed by atoms with van der Waals surface area (Å²) in [5, 5.41) is 0. The molecule has 0 saturated carbocycles. The Bertz CT molecular complexity index is 74.4. The molecule has 0 aromatic heterocycles. The van der Waals surface area contributed by atoms with E-state index in [0.29, 0.717) is 6.86 Å². The predicted octanol–water partition coefficient (Wildman–Crippen LogP) is 2.48. The fourth-order valence-electron chi connectivity index (χ4n) is 1.30. The van der Waals surface area contributed by atoms with Gasteiger partial charge in [-0.25, -0.2) is 0 Å². The molecular weight excluding hydrogens is 254 g/mol. The van der Waals surface area contributed by atoms with Crippen molar-refractivity contribution in [1.29, 1.82) is 0 Å². The summed E-state index contributed by atoms with van der Waals surface area (Å²) in [6.45, 7) is 14.2. The number of hydrogen-bond donors (Lipinski definition) is 0. The van der Waals surface area contributed by atoms with Crippen LogP contribution in [0.2, 0.25) is 6.86 Å². The predicted molar refractivity (Wildman–Crippen MR) is 52.3 cm³/mol. The van der Waals surface area contributed by atoms with Crippen LogP contribution in [0.25, 0.3) is 0 Å².